The summed E-state index contributed by atoms with van der Waals surface area (Å²) in [6, 6.07) is 163. The van der Waals surface area contributed by atoms with E-state index in [1.54, 1.807) is 0 Å². The fourth-order valence-electron chi connectivity index (χ4n) is 17.1. The lowest BCUT2D eigenvalue weighted by Gasteiger charge is -2.14. The Balaban J connectivity index is 0.000000151. The summed E-state index contributed by atoms with van der Waals surface area (Å²) in [4.78, 5) is 46.6. The molecule has 0 fully saturated rings. The summed E-state index contributed by atoms with van der Waals surface area (Å²) in [7, 11) is 0. The Morgan fingerprint density at radius 1 is 0.109 bits per heavy atom. The highest BCUT2D eigenvalue weighted by Gasteiger charge is 2.21. The number of fused-ring (bicyclic) bond motifs is 7. The molecule has 9 heteroatoms. The molecule has 6 aromatic heterocycles. The average Bonchev–Trinajstić information content (AvgIpc) is 0.745. The largest absolute Gasteiger partial charge is 0.245 e. The standard InChI is InChI=1S/C61H39N5.C58H38N4/c1-4-14-40(15-5-1)42-26-29-46(30-27-42)60-64-59(45-19-8-3-9-20-45)65-61(66-60)52-25-13-23-49(38-52)48-22-12-24-51(37-48)55-35-33-44-32-34-53-54(50-31-28-41-16-10-11-21-47(41)36-50)39-56(43-17-6-2-7-18-43)63-58(53)57(44)62-55;1-5-13-39(14-6-1)40-25-31-49(32-26-40)58-61-54(45-19-11-4-12-20-45)38-55(62-58)47-29-23-42(24-30-47)41-21-27-46(28-22-41)52-36-34-48-33-35-50-51(43-15-7-2-8-16-43)37-53(44-17-9-3-10-18-44)60-57(50)56(48)59-52/h1-39H;1-38H. The van der Waals surface area contributed by atoms with Gasteiger partial charge < -0.3 is 0 Å². The predicted octanol–water partition coefficient (Wildman–Crippen LogP) is 30.4. The maximum Gasteiger partial charge on any atom is 0.164 e. The van der Waals surface area contributed by atoms with Crippen molar-refractivity contribution < 1.29 is 0 Å². The van der Waals surface area contributed by atoms with E-state index in [-0.39, 0.29) is 0 Å². The van der Waals surface area contributed by atoms with Gasteiger partial charge in [-0.1, -0.05) is 419 Å². The summed E-state index contributed by atoms with van der Waals surface area (Å²) >= 11 is 0. The van der Waals surface area contributed by atoms with Crippen LogP contribution in [0.3, 0.4) is 0 Å². The third kappa shape index (κ3) is 15.8. The van der Waals surface area contributed by atoms with E-state index in [0.29, 0.717) is 23.3 Å². The Labute approximate surface area is 741 Å². The van der Waals surface area contributed by atoms with Gasteiger partial charge in [0.2, 0.25) is 0 Å². The number of nitrogens with zero attached hydrogens (tertiary/aromatic N) is 9. The lowest BCUT2D eigenvalue weighted by atomic mass is 9.95. The van der Waals surface area contributed by atoms with Crippen LogP contribution < -0.4 is 0 Å². The van der Waals surface area contributed by atoms with E-state index in [1.807, 2.05) is 72.8 Å². The zero-order chi connectivity index (χ0) is 85.1. The molecule has 6 heterocycles. The van der Waals surface area contributed by atoms with Gasteiger partial charge in [0.1, 0.15) is 0 Å². The van der Waals surface area contributed by atoms with Crippen LogP contribution in [-0.4, -0.2) is 44.9 Å². The summed E-state index contributed by atoms with van der Waals surface area (Å²) in [5.74, 6) is 2.55. The van der Waals surface area contributed by atoms with Crippen molar-refractivity contribution in [3.05, 3.63) is 467 Å². The van der Waals surface area contributed by atoms with Crippen molar-refractivity contribution in [3.63, 3.8) is 0 Å². The quantitative estimate of drug-likeness (QED) is 0.0872. The fourth-order valence-corrected chi connectivity index (χ4v) is 17.1. The molecular weight excluding hydrogens is 1560 g/mol. The van der Waals surface area contributed by atoms with Crippen LogP contribution in [0.4, 0.5) is 0 Å². The van der Waals surface area contributed by atoms with E-state index in [2.05, 4.69) is 394 Å². The van der Waals surface area contributed by atoms with Gasteiger partial charge >= 0.3 is 0 Å². The molecule has 23 rings (SSSR count). The molecule has 598 valence electrons. The van der Waals surface area contributed by atoms with Crippen molar-refractivity contribution >= 4 is 54.4 Å². The smallest absolute Gasteiger partial charge is 0.164 e. The second-order valence-corrected chi connectivity index (χ2v) is 31.9. The summed E-state index contributed by atoms with van der Waals surface area (Å²) < 4.78 is 0. The molecule has 0 spiro atoms. The van der Waals surface area contributed by atoms with E-state index >= 15 is 0 Å². The third-order valence-electron chi connectivity index (χ3n) is 23.8. The van der Waals surface area contributed by atoms with Gasteiger partial charge in [0.05, 0.1) is 56.2 Å². The Morgan fingerprint density at radius 3 is 0.828 bits per heavy atom. The molecule has 0 bridgehead atoms. The maximum absolute atomic E-state index is 5.40. The predicted molar refractivity (Wildman–Crippen MR) is 528 cm³/mol. The maximum atomic E-state index is 5.40. The first-order valence-electron chi connectivity index (χ1n) is 43.0. The van der Waals surface area contributed by atoms with E-state index in [0.717, 1.165) is 195 Å². The number of hydrogen-bond donors (Lipinski definition) is 0. The van der Waals surface area contributed by atoms with Crippen LogP contribution in [0, 0.1) is 0 Å². The number of benzene rings is 17. The van der Waals surface area contributed by atoms with Gasteiger partial charge in [0, 0.05) is 77.2 Å². The Hall–Kier alpha value is -17.3. The van der Waals surface area contributed by atoms with Crippen LogP contribution in [0.1, 0.15) is 0 Å². The molecular formula is C119H77N9. The molecule has 0 atom stereocenters. The fraction of sp³-hybridized carbons (Fsp3) is 0. The van der Waals surface area contributed by atoms with Gasteiger partial charge in [-0.05, 0) is 126 Å². The molecule has 0 saturated carbocycles. The van der Waals surface area contributed by atoms with Gasteiger partial charge in [-0.15, -0.1) is 0 Å². The van der Waals surface area contributed by atoms with E-state index in [4.69, 9.17) is 44.9 Å². The van der Waals surface area contributed by atoms with Gasteiger partial charge in [-0.3, -0.25) is 0 Å². The SMILES string of the molecule is c1ccc(-c2ccc(-c3nc(-c4ccccc4)cc(-c4ccc(-c5ccc(-c6ccc7ccc8c(-c9ccccc9)cc(-c9ccccc9)nc8c7n6)cc5)cc4)n3)cc2)cc1.c1ccc(-c2ccc(-c3nc(-c4ccccc4)nc(-c4cccc(-c5cccc(-c6ccc7ccc8c(-c9ccc%10ccccc%10c9)cc(-c9ccccc9)nc8c7n6)c5)c4)n3)cc2)cc1. The van der Waals surface area contributed by atoms with Crippen LogP contribution in [-0.2, 0) is 0 Å². The molecule has 0 saturated heterocycles. The molecule has 17 aromatic carbocycles. The molecule has 9 nitrogen and oxygen atoms in total. The monoisotopic (exact) mass is 1630 g/mol. The topological polar surface area (TPSA) is 116 Å². The van der Waals surface area contributed by atoms with Gasteiger partial charge in [-0.2, -0.15) is 0 Å². The molecule has 0 unspecified atom stereocenters. The second-order valence-electron chi connectivity index (χ2n) is 31.9. The molecule has 0 aliphatic rings. The molecule has 23 aromatic rings. The molecule has 0 N–H and O–H groups in total. The molecule has 0 aliphatic carbocycles. The minimum atomic E-state index is 0.609. The first kappa shape index (κ1) is 76.8. The molecule has 0 radical (unpaired) electrons. The number of rotatable bonds is 16. The zero-order valence-electron chi connectivity index (χ0n) is 69.5. The lowest BCUT2D eigenvalue weighted by Crippen LogP contribution is -2.00. The van der Waals surface area contributed by atoms with Crippen molar-refractivity contribution in [1.82, 2.24) is 44.9 Å². The summed E-state index contributed by atoms with van der Waals surface area (Å²) in [5, 5.41) is 6.66. The summed E-state index contributed by atoms with van der Waals surface area (Å²) in [6.07, 6.45) is 0. The Morgan fingerprint density at radius 2 is 0.375 bits per heavy atom. The van der Waals surface area contributed by atoms with Crippen LogP contribution >= 0.6 is 0 Å². The van der Waals surface area contributed by atoms with Crippen LogP contribution in [0.5, 0.6) is 0 Å². The number of pyridine rings is 4. The molecule has 0 aliphatic heterocycles. The Bertz CT molecular complexity index is 8030. The normalized spacial score (nSPS) is 11.3. The zero-order valence-corrected chi connectivity index (χ0v) is 69.5. The van der Waals surface area contributed by atoms with E-state index in [1.165, 1.54) is 16.3 Å². The minimum absolute atomic E-state index is 0.609. The van der Waals surface area contributed by atoms with Gasteiger partial charge in [0.15, 0.2) is 23.3 Å². The highest BCUT2D eigenvalue weighted by atomic mass is 15.0. The highest BCUT2D eigenvalue weighted by Crippen LogP contribution is 2.42. The highest BCUT2D eigenvalue weighted by molar-refractivity contribution is 6.12. The average molecular weight is 1630 g/mol. The first-order chi connectivity index (χ1) is 63.4. The lowest BCUT2D eigenvalue weighted by molar-refractivity contribution is 1.07. The van der Waals surface area contributed by atoms with Crippen molar-refractivity contribution in [2.45, 2.75) is 0 Å². The van der Waals surface area contributed by atoms with Crippen LogP contribution in [0.2, 0.25) is 0 Å². The van der Waals surface area contributed by atoms with Crippen LogP contribution in [0.25, 0.3) is 234 Å². The van der Waals surface area contributed by atoms with Crippen molar-refractivity contribution in [2.24, 2.45) is 0 Å². The summed E-state index contributed by atoms with van der Waals surface area (Å²) in [5.41, 5.74) is 32.5. The molecule has 0 amide bonds. The third-order valence-corrected chi connectivity index (χ3v) is 23.8. The van der Waals surface area contributed by atoms with Crippen molar-refractivity contribution in [2.75, 3.05) is 0 Å². The first-order valence-corrected chi connectivity index (χ1v) is 43.0. The molecule has 128 heavy (non-hydrogen) atoms. The van der Waals surface area contributed by atoms with E-state index in [9.17, 15) is 0 Å². The van der Waals surface area contributed by atoms with E-state index < -0.39 is 0 Å². The summed E-state index contributed by atoms with van der Waals surface area (Å²) in [6.45, 7) is 0. The van der Waals surface area contributed by atoms with Crippen LogP contribution in [0.15, 0.2) is 467 Å². The number of hydrogen-bond acceptors (Lipinski definition) is 9. The van der Waals surface area contributed by atoms with Gasteiger partial charge in [-0.25, -0.2) is 44.9 Å². The van der Waals surface area contributed by atoms with Gasteiger partial charge in [0.25, 0.3) is 0 Å². The minimum Gasteiger partial charge on any atom is -0.245 e. The number of aromatic nitrogens is 9. The van der Waals surface area contributed by atoms with Crippen molar-refractivity contribution in [1.29, 1.82) is 0 Å². The Kier molecular flexibility index (Phi) is 20.5. The van der Waals surface area contributed by atoms with Crippen molar-refractivity contribution in [3.8, 4) is 180 Å². The second kappa shape index (κ2) is 34.2.